The Morgan fingerprint density at radius 3 is 1.94 bits per heavy atom. The third kappa shape index (κ3) is 1.66. The summed E-state index contributed by atoms with van der Waals surface area (Å²) in [6.45, 7) is 0.786. The molecule has 0 bridgehead atoms. The summed E-state index contributed by atoms with van der Waals surface area (Å²) < 4.78 is 0. The Hall–Kier alpha value is -1.64. The van der Waals surface area contributed by atoms with Crippen LogP contribution in [0.1, 0.15) is 17.2 Å². The van der Waals surface area contributed by atoms with Crippen LogP contribution in [0, 0.1) is 0 Å². The van der Waals surface area contributed by atoms with Gasteiger partial charge in [0.1, 0.15) is 0 Å². The molecule has 2 heteroatoms. The Morgan fingerprint density at radius 1 is 0.882 bits per heavy atom. The van der Waals surface area contributed by atoms with Gasteiger partial charge in [0.15, 0.2) is 0 Å². The van der Waals surface area contributed by atoms with Crippen LogP contribution in [0.15, 0.2) is 48.5 Å². The van der Waals surface area contributed by atoms with Gasteiger partial charge in [-0.05, 0) is 22.3 Å². The van der Waals surface area contributed by atoms with Gasteiger partial charge >= 0.3 is 0 Å². The summed E-state index contributed by atoms with van der Waals surface area (Å²) in [7, 11) is 0. The topological polar surface area (TPSA) is 32.3 Å². The molecule has 0 unspecified atom stereocenters. The van der Waals surface area contributed by atoms with E-state index in [1.165, 1.54) is 22.3 Å². The quantitative estimate of drug-likeness (QED) is 0.840. The molecular formula is C15H15NO. The summed E-state index contributed by atoms with van der Waals surface area (Å²) in [5.41, 5.74) is 5.22. The van der Waals surface area contributed by atoms with Crippen molar-refractivity contribution >= 4 is 0 Å². The average Bonchev–Trinajstić information content (AvgIpc) is 2.71. The Morgan fingerprint density at radius 2 is 1.41 bits per heavy atom. The second kappa shape index (κ2) is 4.32. The zero-order valence-corrected chi connectivity index (χ0v) is 9.56. The van der Waals surface area contributed by atoms with Gasteiger partial charge in [0.05, 0.1) is 12.6 Å². The molecule has 0 saturated carbocycles. The van der Waals surface area contributed by atoms with Gasteiger partial charge in [-0.15, -0.1) is 0 Å². The molecular weight excluding hydrogens is 210 g/mol. The molecule has 0 saturated heterocycles. The molecule has 0 amide bonds. The van der Waals surface area contributed by atoms with Gasteiger partial charge < -0.3 is 10.4 Å². The molecule has 0 radical (unpaired) electrons. The van der Waals surface area contributed by atoms with Crippen molar-refractivity contribution in [2.75, 3.05) is 13.2 Å². The number of aliphatic hydroxyl groups is 1. The van der Waals surface area contributed by atoms with E-state index in [4.69, 9.17) is 5.11 Å². The van der Waals surface area contributed by atoms with Crippen LogP contribution in [0.25, 0.3) is 11.1 Å². The minimum absolute atomic E-state index is 0.167. The fraction of sp³-hybridized carbons (Fsp3) is 0.200. The maximum Gasteiger partial charge on any atom is 0.0589 e. The Bertz CT molecular complexity index is 490. The van der Waals surface area contributed by atoms with E-state index in [1.54, 1.807) is 0 Å². The molecule has 0 atom stereocenters. The number of aliphatic hydroxyl groups excluding tert-OH is 1. The Labute approximate surface area is 101 Å². The largest absolute Gasteiger partial charge is 0.395 e. The summed E-state index contributed by atoms with van der Waals surface area (Å²) in [6, 6.07) is 17.1. The molecule has 0 fully saturated rings. The minimum Gasteiger partial charge on any atom is -0.395 e. The SMILES string of the molecule is OCCNC1c2ccccc2-c2ccccc21. The minimum atomic E-state index is 0.167. The van der Waals surface area contributed by atoms with E-state index in [-0.39, 0.29) is 12.6 Å². The van der Waals surface area contributed by atoms with Crippen molar-refractivity contribution in [1.29, 1.82) is 0 Å². The second-order valence-electron chi connectivity index (χ2n) is 4.29. The predicted molar refractivity (Wildman–Crippen MR) is 68.8 cm³/mol. The zero-order valence-electron chi connectivity index (χ0n) is 9.56. The van der Waals surface area contributed by atoms with Crippen molar-refractivity contribution in [3.8, 4) is 11.1 Å². The molecule has 2 N–H and O–H groups in total. The van der Waals surface area contributed by atoms with E-state index in [1.807, 2.05) is 0 Å². The van der Waals surface area contributed by atoms with Crippen molar-refractivity contribution in [2.24, 2.45) is 0 Å². The lowest BCUT2D eigenvalue weighted by Crippen LogP contribution is -2.23. The first kappa shape index (κ1) is 10.5. The van der Waals surface area contributed by atoms with Crippen LogP contribution >= 0.6 is 0 Å². The normalized spacial score (nSPS) is 13.5. The summed E-state index contributed by atoms with van der Waals surface area (Å²) in [4.78, 5) is 0. The summed E-state index contributed by atoms with van der Waals surface area (Å²) in [5.74, 6) is 0. The zero-order chi connectivity index (χ0) is 11.7. The van der Waals surface area contributed by atoms with Gasteiger partial charge in [0.2, 0.25) is 0 Å². The monoisotopic (exact) mass is 225 g/mol. The van der Waals surface area contributed by atoms with Crippen molar-refractivity contribution in [3.05, 3.63) is 59.7 Å². The van der Waals surface area contributed by atoms with Gasteiger partial charge in [-0.25, -0.2) is 0 Å². The van der Waals surface area contributed by atoms with E-state index in [9.17, 15) is 0 Å². The van der Waals surface area contributed by atoms with Gasteiger partial charge in [-0.3, -0.25) is 0 Å². The number of benzene rings is 2. The summed E-state index contributed by atoms with van der Waals surface area (Å²) in [6.07, 6.45) is 0. The van der Waals surface area contributed by atoms with E-state index in [2.05, 4.69) is 53.8 Å². The van der Waals surface area contributed by atoms with Gasteiger partial charge in [0, 0.05) is 6.54 Å². The van der Waals surface area contributed by atoms with E-state index >= 15 is 0 Å². The number of hydrogen-bond acceptors (Lipinski definition) is 2. The smallest absolute Gasteiger partial charge is 0.0589 e. The fourth-order valence-electron chi connectivity index (χ4n) is 2.58. The van der Waals surface area contributed by atoms with E-state index < -0.39 is 0 Å². The van der Waals surface area contributed by atoms with Gasteiger partial charge in [-0.2, -0.15) is 0 Å². The molecule has 3 rings (SSSR count). The first-order valence-electron chi connectivity index (χ1n) is 5.94. The summed E-state index contributed by atoms with van der Waals surface area (Å²) in [5, 5.41) is 12.4. The Kier molecular flexibility index (Phi) is 2.67. The highest BCUT2D eigenvalue weighted by Gasteiger charge is 2.26. The van der Waals surface area contributed by atoms with Crippen LogP contribution < -0.4 is 5.32 Å². The maximum atomic E-state index is 8.96. The van der Waals surface area contributed by atoms with Crippen LogP contribution in [0.2, 0.25) is 0 Å². The van der Waals surface area contributed by atoms with Crippen molar-refractivity contribution in [3.63, 3.8) is 0 Å². The highest BCUT2D eigenvalue weighted by Crippen LogP contribution is 2.42. The molecule has 2 nitrogen and oxygen atoms in total. The third-order valence-electron chi connectivity index (χ3n) is 3.29. The molecule has 0 spiro atoms. The lowest BCUT2D eigenvalue weighted by atomic mass is 10.1. The van der Waals surface area contributed by atoms with Crippen LogP contribution in [-0.4, -0.2) is 18.3 Å². The van der Waals surface area contributed by atoms with Crippen LogP contribution in [0.5, 0.6) is 0 Å². The standard InChI is InChI=1S/C15H15NO/c17-10-9-16-15-13-7-3-1-5-11(13)12-6-2-4-8-14(12)15/h1-8,15-17H,9-10H2. The van der Waals surface area contributed by atoms with E-state index in [0.717, 1.165) is 0 Å². The highest BCUT2D eigenvalue weighted by molar-refractivity contribution is 5.78. The number of hydrogen-bond donors (Lipinski definition) is 2. The number of rotatable bonds is 3. The first-order chi connectivity index (χ1) is 8.42. The lowest BCUT2D eigenvalue weighted by Gasteiger charge is -2.14. The first-order valence-corrected chi connectivity index (χ1v) is 5.94. The van der Waals surface area contributed by atoms with Crippen LogP contribution in [-0.2, 0) is 0 Å². The molecule has 0 aliphatic heterocycles. The Balaban J connectivity index is 2.10. The fourth-order valence-corrected chi connectivity index (χ4v) is 2.58. The van der Waals surface area contributed by atoms with Crippen LogP contribution in [0.3, 0.4) is 0 Å². The lowest BCUT2D eigenvalue weighted by molar-refractivity contribution is 0.288. The third-order valence-corrected chi connectivity index (χ3v) is 3.29. The van der Waals surface area contributed by atoms with Gasteiger partial charge in [-0.1, -0.05) is 48.5 Å². The van der Waals surface area contributed by atoms with Crippen LogP contribution in [0.4, 0.5) is 0 Å². The molecule has 17 heavy (non-hydrogen) atoms. The van der Waals surface area contributed by atoms with Crippen molar-refractivity contribution in [2.45, 2.75) is 6.04 Å². The highest BCUT2D eigenvalue weighted by atomic mass is 16.3. The van der Waals surface area contributed by atoms with Gasteiger partial charge in [0.25, 0.3) is 0 Å². The second-order valence-corrected chi connectivity index (χ2v) is 4.29. The average molecular weight is 225 g/mol. The number of nitrogens with one attached hydrogen (secondary N) is 1. The molecule has 1 aliphatic rings. The maximum absolute atomic E-state index is 8.96. The summed E-state index contributed by atoms with van der Waals surface area (Å²) >= 11 is 0. The predicted octanol–water partition coefficient (Wildman–Crippen LogP) is 2.34. The van der Waals surface area contributed by atoms with E-state index in [0.29, 0.717) is 6.54 Å². The molecule has 2 aromatic carbocycles. The van der Waals surface area contributed by atoms with Crippen molar-refractivity contribution < 1.29 is 5.11 Å². The number of fused-ring (bicyclic) bond motifs is 3. The molecule has 0 aromatic heterocycles. The molecule has 86 valence electrons. The molecule has 0 heterocycles. The molecule has 1 aliphatic carbocycles. The molecule has 2 aromatic rings. The van der Waals surface area contributed by atoms with Crippen molar-refractivity contribution in [1.82, 2.24) is 5.32 Å².